The van der Waals surface area contributed by atoms with E-state index in [0.717, 1.165) is 22.7 Å². The van der Waals surface area contributed by atoms with Crippen LogP contribution in [0.25, 0.3) is 0 Å². The maximum atomic E-state index is 14.0. The van der Waals surface area contributed by atoms with Gasteiger partial charge in [0.05, 0.1) is 17.7 Å². The van der Waals surface area contributed by atoms with Gasteiger partial charge in [-0.25, -0.2) is 8.42 Å². The van der Waals surface area contributed by atoms with Gasteiger partial charge < -0.3 is 15.0 Å². The minimum atomic E-state index is -4.22. The monoisotopic (exact) mass is 619 g/mol. The molecule has 8 nitrogen and oxygen atoms in total. The summed E-state index contributed by atoms with van der Waals surface area (Å²) in [6, 6.07) is 16.9. The van der Waals surface area contributed by atoms with Crippen molar-refractivity contribution in [2.75, 3.05) is 24.5 Å². The number of nitrogens with one attached hydrogen (secondary N) is 1. The third kappa shape index (κ3) is 8.15. The van der Waals surface area contributed by atoms with Crippen molar-refractivity contribution in [3.05, 3.63) is 87.9 Å². The molecule has 3 aromatic rings. The highest BCUT2D eigenvalue weighted by molar-refractivity contribution is 7.92. The van der Waals surface area contributed by atoms with Crippen LogP contribution in [0.4, 0.5) is 5.69 Å². The zero-order chi connectivity index (χ0) is 30.2. The van der Waals surface area contributed by atoms with Gasteiger partial charge in [-0.05, 0) is 62.2 Å². The smallest absolute Gasteiger partial charge is 0.264 e. The van der Waals surface area contributed by atoms with Gasteiger partial charge in [0, 0.05) is 23.1 Å². The fourth-order valence-electron chi connectivity index (χ4n) is 4.14. The Bertz CT molecular complexity index is 1470. The second kappa shape index (κ2) is 14.6. The third-order valence-electron chi connectivity index (χ3n) is 6.59. The average molecular weight is 621 g/mol. The van der Waals surface area contributed by atoms with E-state index in [1.165, 1.54) is 24.1 Å². The standard InChI is InChI=1S/C30H35Cl2N3O5S/c1-5-6-17-33-30(37)22(3)34(19-23-13-14-24(31)18-26(23)32)29(36)20-35(27-9-7-8-10-28(27)40-4)41(38,39)25-15-11-21(2)12-16-25/h7-16,18,22H,5-6,17,19-20H2,1-4H3,(H,33,37). The highest BCUT2D eigenvalue weighted by Gasteiger charge is 2.34. The zero-order valence-electron chi connectivity index (χ0n) is 23.6. The molecule has 0 bridgehead atoms. The van der Waals surface area contributed by atoms with Crippen molar-refractivity contribution >= 4 is 50.7 Å². The van der Waals surface area contributed by atoms with E-state index in [9.17, 15) is 18.0 Å². The number of unbranched alkanes of at least 4 members (excludes halogenated alkanes) is 1. The Morgan fingerprint density at radius 3 is 2.34 bits per heavy atom. The number of amides is 2. The largest absolute Gasteiger partial charge is 0.495 e. The number of sulfonamides is 1. The lowest BCUT2D eigenvalue weighted by molar-refractivity contribution is -0.139. The van der Waals surface area contributed by atoms with E-state index in [-0.39, 0.29) is 28.8 Å². The van der Waals surface area contributed by atoms with Crippen molar-refractivity contribution in [1.29, 1.82) is 0 Å². The number of carbonyl (C=O) groups excluding carboxylic acids is 2. The Hall–Kier alpha value is -3.27. The molecule has 0 fully saturated rings. The van der Waals surface area contributed by atoms with Crippen LogP contribution in [0.3, 0.4) is 0 Å². The first-order valence-electron chi connectivity index (χ1n) is 13.2. The van der Waals surface area contributed by atoms with E-state index < -0.39 is 28.5 Å². The molecular formula is C30H35Cl2N3O5S. The number of aryl methyl sites for hydroxylation is 1. The Kier molecular flexibility index (Phi) is 11.5. The summed E-state index contributed by atoms with van der Waals surface area (Å²) >= 11 is 12.5. The summed E-state index contributed by atoms with van der Waals surface area (Å²) in [5, 5.41) is 3.60. The van der Waals surface area contributed by atoms with E-state index >= 15 is 0 Å². The number of benzene rings is 3. The molecule has 0 aliphatic heterocycles. The minimum Gasteiger partial charge on any atom is -0.495 e. The lowest BCUT2D eigenvalue weighted by Gasteiger charge is -2.32. The van der Waals surface area contributed by atoms with Gasteiger partial charge in [-0.2, -0.15) is 0 Å². The lowest BCUT2D eigenvalue weighted by atomic mass is 10.1. The van der Waals surface area contributed by atoms with Crippen LogP contribution in [0.1, 0.15) is 37.8 Å². The Morgan fingerprint density at radius 2 is 1.71 bits per heavy atom. The Morgan fingerprint density at radius 1 is 1.02 bits per heavy atom. The number of halogens is 2. The van der Waals surface area contributed by atoms with Gasteiger partial charge in [-0.15, -0.1) is 0 Å². The van der Waals surface area contributed by atoms with Gasteiger partial charge in [0.15, 0.2) is 0 Å². The number of methoxy groups -OCH3 is 1. The molecule has 0 spiro atoms. The maximum absolute atomic E-state index is 14.0. The van der Waals surface area contributed by atoms with Gasteiger partial charge in [0.1, 0.15) is 18.3 Å². The summed E-state index contributed by atoms with van der Waals surface area (Å²) in [5.41, 5.74) is 1.63. The minimum absolute atomic E-state index is 0.0134. The molecule has 1 N–H and O–H groups in total. The van der Waals surface area contributed by atoms with Crippen LogP contribution in [-0.2, 0) is 26.2 Å². The summed E-state index contributed by atoms with van der Waals surface area (Å²) in [6.07, 6.45) is 1.67. The molecule has 0 aliphatic rings. The highest BCUT2D eigenvalue weighted by atomic mass is 35.5. The van der Waals surface area contributed by atoms with Crippen LogP contribution in [-0.4, -0.2) is 51.4 Å². The second-order valence-corrected chi connectivity index (χ2v) is 12.3. The molecule has 0 radical (unpaired) electrons. The predicted molar refractivity (Wildman–Crippen MR) is 163 cm³/mol. The maximum Gasteiger partial charge on any atom is 0.264 e. The Labute approximate surface area is 252 Å². The normalized spacial score (nSPS) is 12.0. The molecule has 3 rings (SSSR count). The van der Waals surface area contributed by atoms with E-state index in [4.69, 9.17) is 27.9 Å². The summed E-state index contributed by atoms with van der Waals surface area (Å²) in [6.45, 7) is 5.29. The van der Waals surface area contributed by atoms with Crippen LogP contribution in [0, 0.1) is 6.92 Å². The molecule has 0 aromatic heterocycles. The zero-order valence-corrected chi connectivity index (χ0v) is 25.9. The highest BCUT2D eigenvalue weighted by Crippen LogP contribution is 2.33. The molecule has 220 valence electrons. The number of hydrogen-bond acceptors (Lipinski definition) is 5. The number of hydrogen-bond donors (Lipinski definition) is 1. The van der Waals surface area contributed by atoms with Crippen LogP contribution in [0.5, 0.6) is 5.75 Å². The first kappa shape index (κ1) is 32.2. The van der Waals surface area contributed by atoms with Gasteiger partial charge in [0.2, 0.25) is 11.8 Å². The van der Waals surface area contributed by atoms with Crippen molar-refractivity contribution in [2.24, 2.45) is 0 Å². The SMILES string of the molecule is CCCCNC(=O)C(C)N(Cc1ccc(Cl)cc1Cl)C(=O)CN(c1ccccc1OC)S(=O)(=O)c1ccc(C)cc1. The number of anilines is 1. The summed E-state index contributed by atoms with van der Waals surface area (Å²) < 4.78 is 34.4. The molecule has 0 aliphatic carbocycles. The van der Waals surface area contributed by atoms with E-state index in [1.807, 2.05) is 13.8 Å². The van der Waals surface area contributed by atoms with Crippen molar-refractivity contribution < 1.29 is 22.7 Å². The van der Waals surface area contributed by atoms with Crippen molar-refractivity contribution in [3.63, 3.8) is 0 Å². The molecule has 1 atom stereocenters. The molecule has 0 heterocycles. The fourth-order valence-corrected chi connectivity index (χ4v) is 6.03. The lowest BCUT2D eigenvalue weighted by Crippen LogP contribution is -2.51. The van der Waals surface area contributed by atoms with Gasteiger partial charge in [-0.1, -0.05) is 72.4 Å². The number of rotatable bonds is 13. The first-order chi connectivity index (χ1) is 19.5. The van der Waals surface area contributed by atoms with Crippen molar-refractivity contribution in [1.82, 2.24) is 10.2 Å². The molecular weight excluding hydrogens is 585 g/mol. The molecule has 1 unspecified atom stereocenters. The van der Waals surface area contributed by atoms with Crippen LogP contribution >= 0.6 is 23.2 Å². The fraction of sp³-hybridized carbons (Fsp3) is 0.333. The van der Waals surface area contributed by atoms with E-state index in [2.05, 4.69) is 5.32 Å². The quantitative estimate of drug-likeness (QED) is 0.243. The molecule has 41 heavy (non-hydrogen) atoms. The topological polar surface area (TPSA) is 96.0 Å². The van der Waals surface area contributed by atoms with Crippen molar-refractivity contribution in [3.8, 4) is 5.75 Å². The van der Waals surface area contributed by atoms with Crippen molar-refractivity contribution in [2.45, 2.75) is 51.1 Å². The van der Waals surface area contributed by atoms with Gasteiger partial charge >= 0.3 is 0 Å². The number of ether oxygens (including phenoxy) is 1. The number of nitrogens with zero attached hydrogens (tertiary/aromatic N) is 2. The average Bonchev–Trinajstić information content (AvgIpc) is 2.95. The van der Waals surface area contributed by atoms with Crippen LogP contribution in [0.2, 0.25) is 10.0 Å². The summed E-state index contributed by atoms with van der Waals surface area (Å²) in [4.78, 5) is 28.5. The van der Waals surface area contributed by atoms with E-state index in [1.54, 1.807) is 61.5 Å². The molecule has 0 saturated carbocycles. The first-order valence-corrected chi connectivity index (χ1v) is 15.4. The summed E-state index contributed by atoms with van der Waals surface area (Å²) in [7, 11) is -2.79. The number of carbonyl (C=O) groups is 2. The molecule has 3 aromatic carbocycles. The summed E-state index contributed by atoms with van der Waals surface area (Å²) in [5.74, 6) is -0.688. The Balaban J connectivity index is 2.06. The molecule has 0 saturated heterocycles. The van der Waals surface area contributed by atoms with Crippen LogP contribution < -0.4 is 14.4 Å². The van der Waals surface area contributed by atoms with Gasteiger partial charge in [-0.3, -0.25) is 13.9 Å². The van der Waals surface area contributed by atoms with Crippen LogP contribution in [0.15, 0.2) is 71.6 Å². The third-order valence-corrected chi connectivity index (χ3v) is 8.96. The molecule has 11 heteroatoms. The van der Waals surface area contributed by atoms with E-state index in [0.29, 0.717) is 22.2 Å². The number of para-hydroxylation sites is 2. The molecule has 2 amide bonds. The van der Waals surface area contributed by atoms with Gasteiger partial charge in [0.25, 0.3) is 10.0 Å². The second-order valence-electron chi connectivity index (χ2n) is 9.57. The predicted octanol–water partition coefficient (Wildman–Crippen LogP) is 5.84.